The second kappa shape index (κ2) is 7.11. The van der Waals surface area contributed by atoms with Gasteiger partial charge in [-0.05, 0) is 38.1 Å². The van der Waals surface area contributed by atoms with E-state index < -0.39 is 5.60 Å². The lowest BCUT2D eigenvalue weighted by atomic mass is 10.1. The minimum Gasteiger partial charge on any atom is -0.497 e. The van der Waals surface area contributed by atoms with Crippen molar-refractivity contribution in [2.24, 2.45) is 0 Å². The molecule has 1 aliphatic rings. The van der Waals surface area contributed by atoms with Crippen LogP contribution in [0.15, 0.2) is 36.5 Å². The van der Waals surface area contributed by atoms with E-state index in [2.05, 4.69) is 10.3 Å². The predicted molar refractivity (Wildman–Crippen MR) is 97.9 cm³/mol. The number of rotatable bonds is 3. The molecule has 2 amide bonds. The fraction of sp³-hybridized carbons (Fsp3) is 0.368. The van der Waals surface area contributed by atoms with Crippen LogP contribution in [0.25, 0.3) is 0 Å². The van der Waals surface area contributed by atoms with Gasteiger partial charge in [-0.1, -0.05) is 0 Å². The molecule has 1 aromatic carbocycles. The lowest BCUT2D eigenvalue weighted by molar-refractivity contribution is 0.0832. The van der Waals surface area contributed by atoms with Gasteiger partial charge in [0.15, 0.2) is 11.6 Å². The maximum atomic E-state index is 12.8. The van der Waals surface area contributed by atoms with E-state index in [1.807, 2.05) is 32.0 Å². The number of fused-ring (bicyclic) bond motifs is 1. The van der Waals surface area contributed by atoms with Crippen LogP contribution in [0.1, 0.15) is 19.4 Å². The molecular formula is C19H23N3O4. The van der Waals surface area contributed by atoms with E-state index in [4.69, 9.17) is 14.2 Å². The van der Waals surface area contributed by atoms with Gasteiger partial charge in [-0.15, -0.1) is 0 Å². The van der Waals surface area contributed by atoms with Crippen molar-refractivity contribution in [2.45, 2.75) is 26.0 Å². The highest BCUT2D eigenvalue weighted by molar-refractivity contribution is 5.89. The minimum atomic E-state index is -0.552. The summed E-state index contributed by atoms with van der Waals surface area (Å²) in [5.41, 5.74) is 0.364. The Morgan fingerprint density at radius 3 is 2.81 bits per heavy atom. The highest BCUT2D eigenvalue weighted by Crippen LogP contribution is 2.33. The molecule has 1 aromatic heterocycles. The number of urea groups is 1. The second-order valence-electron chi connectivity index (χ2n) is 6.68. The average molecular weight is 357 g/mol. The number of anilines is 1. The number of carbonyl (C=O) groups excluding carboxylic acids is 1. The molecule has 2 heterocycles. The van der Waals surface area contributed by atoms with Crippen molar-refractivity contribution in [1.29, 1.82) is 0 Å². The third-order valence-corrected chi connectivity index (χ3v) is 4.10. The van der Waals surface area contributed by atoms with Crippen LogP contribution in [0.5, 0.6) is 17.2 Å². The SMILES string of the molecule is COc1ccc2c(c1)OC(C)(C)CN(C(=O)Nc1ncccc1OC)C2. The van der Waals surface area contributed by atoms with Crippen molar-refractivity contribution < 1.29 is 19.0 Å². The van der Waals surface area contributed by atoms with Crippen molar-refractivity contribution >= 4 is 11.8 Å². The van der Waals surface area contributed by atoms with Gasteiger partial charge in [0.2, 0.25) is 0 Å². The maximum Gasteiger partial charge on any atom is 0.323 e. The molecule has 0 atom stereocenters. The van der Waals surface area contributed by atoms with E-state index in [0.717, 1.165) is 17.1 Å². The zero-order valence-electron chi connectivity index (χ0n) is 15.4. The Labute approximate surface area is 152 Å². The molecule has 7 heteroatoms. The first-order valence-electron chi connectivity index (χ1n) is 8.33. The zero-order valence-corrected chi connectivity index (χ0v) is 15.4. The van der Waals surface area contributed by atoms with Gasteiger partial charge in [-0.2, -0.15) is 0 Å². The first kappa shape index (κ1) is 17.8. The van der Waals surface area contributed by atoms with E-state index in [-0.39, 0.29) is 6.03 Å². The fourth-order valence-electron chi connectivity index (χ4n) is 2.91. The molecule has 0 unspecified atom stereocenters. The van der Waals surface area contributed by atoms with Gasteiger partial charge in [-0.25, -0.2) is 9.78 Å². The summed E-state index contributed by atoms with van der Waals surface area (Å²) in [4.78, 5) is 18.7. The predicted octanol–water partition coefficient (Wildman–Crippen LogP) is 3.30. The van der Waals surface area contributed by atoms with Crippen LogP contribution in [0.2, 0.25) is 0 Å². The number of hydrogen-bond donors (Lipinski definition) is 1. The molecule has 0 spiro atoms. The van der Waals surface area contributed by atoms with Crippen LogP contribution in [-0.2, 0) is 6.54 Å². The van der Waals surface area contributed by atoms with Crippen molar-refractivity contribution in [3.63, 3.8) is 0 Å². The van der Waals surface area contributed by atoms with Crippen LogP contribution in [0.3, 0.4) is 0 Å². The molecule has 0 fully saturated rings. The third-order valence-electron chi connectivity index (χ3n) is 4.10. The molecule has 0 saturated heterocycles. The summed E-state index contributed by atoms with van der Waals surface area (Å²) in [5, 5.41) is 2.82. The van der Waals surface area contributed by atoms with Crippen LogP contribution in [0.4, 0.5) is 10.6 Å². The van der Waals surface area contributed by atoms with Crippen LogP contribution in [-0.4, -0.2) is 42.3 Å². The molecule has 1 N–H and O–H groups in total. The van der Waals surface area contributed by atoms with Crippen molar-refractivity contribution in [2.75, 3.05) is 26.1 Å². The van der Waals surface area contributed by atoms with Crippen molar-refractivity contribution in [1.82, 2.24) is 9.88 Å². The number of nitrogens with one attached hydrogen (secondary N) is 1. The number of amides is 2. The van der Waals surface area contributed by atoms with Gasteiger partial charge in [0.05, 0.1) is 27.3 Å². The molecule has 138 valence electrons. The number of benzene rings is 1. The number of carbonyl (C=O) groups is 1. The number of hydrogen-bond acceptors (Lipinski definition) is 5. The summed E-state index contributed by atoms with van der Waals surface area (Å²) in [6.07, 6.45) is 1.61. The lowest BCUT2D eigenvalue weighted by Crippen LogP contribution is -2.45. The molecular weight excluding hydrogens is 334 g/mol. The Balaban J connectivity index is 1.85. The van der Waals surface area contributed by atoms with Gasteiger partial charge in [0, 0.05) is 17.8 Å². The summed E-state index contributed by atoms with van der Waals surface area (Å²) in [7, 11) is 3.16. The van der Waals surface area contributed by atoms with E-state index >= 15 is 0 Å². The second-order valence-corrected chi connectivity index (χ2v) is 6.68. The smallest absolute Gasteiger partial charge is 0.323 e. The van der Waals surface area contributed by atoms with E-state index in [9.17, 15) is 4.79 Å². The molecule has 2 aromatic rings. The highest BCUT2D eigenvalue weighted by Gasteiger charge is 2.32. The minimum absolute atomic E-state index is 0.262. The first-order chi connectivity index (χ1) is 12.4. The van der Waals surface area contributed by atoms with Gasteiger partial charge in [-0.3, -0.25) is 5.32 Å². The standard InChI is InChI=1S/C19H23N3O4/c1-19(2)12-22(11-13-7-8-14(24-3)10-16(13)26-19)18(23)21-17-15(25-4)6-5-9-20-17/h5-10H,11-12H2,1-4H3,(H,20,21,23). The summed E-state index contributed by atoms with van der Waals surface area (Å²) >= 11 is 0. The average Bonchev–Trinajstić information content (AvgIpc) is 2.75. The Hall–Kier alpha value is -2.96. The quantitative estimate of drug-likeness (QED) is 0.912. The molecule has 1 aliphatic heterocycles. The highest BCUT2D eigenvalue weighted by atomic mass is 16.5. The van der Waals surface area contributed by atoms with Crippen molar-refractivity contribution in [3.05, 3.63) is 42.1 Å². The number of pyridine rings is 1. The molecule has 7 nitrogen and oxygen atoms in total. The number of methoxy groups -OCH3 is 2. The van der Waals surface area contributed by atoms with Crippen LogP contribution < -0.4 is 19.5 Å². The molecule has 26 heavy (non-hydrogen) atoms. The van der Waals surface area contributed by atoms with Gasteiger partial charge < -0.3 is 19.1 Å². The number of nitrogens with zero attached hydrogens (tertiary/aromatic N) is 2. The summed E-state index contributed by atoms with van der Waals surface area (Å²) in [6, 6.07) is 8.86. The molecule has 0 radical (unpaired) electrons. The fourth-order valence-corrected chi connectivity index (χ4v) is 2.91. The number of ether oxygens (including phenoxy) is 3. The summed E-state index contributed by atoms with van der Waals surface area (Å²) in [5.74, 6) is 2.34. The van der Waals surface area contributed by atoms with Gasteiger partial charge in [0.1, 0.15) is 17.1 Å². The van der Waals surface area contributed by atoms with E-state index in [0.29, 0.717) is 24.7 Å². The third kappa shape index (κ3) is 3.82. The molecule has 0 aliphatic carbocycles. The summed E-state index contributed by atoms with van der Waals surface area (Å²) in [6.45, 7) is 4.74. The monoisotopic (exact) mass is 357 g/mol. The van der Waals surface area contributed by atoms with E-state index in [1.165, 1.54) is 0 Å². The van der Waals surface area contributed by atoms with Gasteiger partial charge >= 0.3 is 6.03 Å². The number of aromatic nitrogens is 1. The van der Waals surface area contributed by atoms with Crippen LogP contribution in [0, 0.1) is 0 Å². The normalized spacial score (nSPS) is 15.3. The van der Waals surface area contributed by atoms with Crippen molar-refractivity contribution in [3.8, 4) is 17.2 Å². The Morgan fingerprint density at radius 1 is 1.27 bits per heavy atom. The molecule has 0 saturated carbocycles. The molecule has 3 rings (SSSR count). The van der Waals surface area contributed by atoms with Crippen LogP contribution >= 0.6 is 0 Å². The Kier molecular flexibility index (Phi) is 4.88. The van der Waals surface area contributed by atoms with Gasteiger partial charge in [0.25, 0.3) is 0 Å². The largest absolute Gasteiger partial charge is 0.497 e. The lowest BCUT2D eigenvalue weighted by Gasteiger charge is -2.29. The maximum absolute atomic E-state index is 12.8. The Morgan fingerprint density at radius 2 is 2.08 bits per heavy atom. The van der Waals surface area contributed by atoms with E-state index in [1.54, 1.807) is 37.4 Å². The molecule has 0 bridgehead atoms. The topological polar surface area (TPSA) is 72.9 Å². The first-order valence-corrected chi connectivity index (χ1v) is 8.33. The Bertz CT molecular complexity index is 807. The summed E-state index contributed by atoms with van der Waals surface area (Å²) < 4.78 is 16.6. The zero-order chi connectivity index (χ0) is 18.7.